The maximum atomic E-state index is 5.57. The van der Waals surface area contributed by atoms with Crippen LogP contribution in [0.1, 0.15) is 12.8 Å². The summed E-state index contributed by atoms with van der Waals surface area (Å²) < 4.78 is 11.1. The molecule has 70 valence electrons. The fourth-order valence-corrected chi connectivity index (χ4v) is 1.80. The predicted octanol–water partition coefficient (Wildman–Crippen LogP) is 0.387. The summed E-state index contributed by atoms with van der Waals surface area (Å²) in [7, 11) is 1.70. The van der Waals surface area contributed by atoms with Crippen molar-refractivity contribution in [2.24, 2.45) is 0 Å². The summed E-state index contributed by atoms with van der Waals surface area (Å²) in [5.41, 5.74) is 0. The van der Waals surface area contributed by atoms with Gasteiger partial charge >= 0.3 is 0 Å². The Morgan fingerprint density at radius 2 is 1.75 bits per heavy atom. The quantitative estimate of drug-likeness (QED) is 0.574. The molecule has 1 spiro atoms. The Morgan fingerprint density at radius 1 is 1.17 bits per heavy atom. The van der Waals surface area contributed by atoms with E-state index in [2.05, 4.69) is 0 Å². The number of piperidine rings is 1. The molecule has 0 aromatic heterocycles. The van der Waals surface area contributed by atoms with E-state index in [0.29, 0.717) is 0 Å². The third-order valence-electron chi connectivity index (χ3n) is 2.56. The van der Waals surface area contributed by atoms with Crippen molar-refractivity contribution in [1.29, 1.82) is 0 Å². The average molecular weight is 173 g/mol. The van der Waals surface area contributed by atoms with Gasteiger partial charge < -0.3 is 14.3 Å². The number of ether oxygens (including phenoxy) is 2. The molecule has 0 radical (unpaired) electrons. The van der Waals surface area contributed by atoms with Gasteiger partial charge in [-0.05, 0) is 0 Å². The summed E-state index contributed by atoms with van der Waals surface area (Å²) in [6.07, 6.45) is 1.84. The second-order valence-electron chi connectivity index (χ2n) is 3.22. The molecule has 0 atom stereocenters. The van der Waals surface area contributed by atoms with Gasteiger partial charge in [0.1, 0.15) is 0 Å². The minimum Gasteiger partial charge on any atom is -0.347 e. The highest BCUT2D eigenvalue weighted by Crippen LogP contribution is 2.30. The van der Waals surface area contributed by atoms with Gasteiger partial charge in [0, 0.05) is 25.9 Å². The van der Waals surface area contributed by atoms with Gasteiger partial charge in [0.2, 0.25) is 0 Å². The highest BCUT2D eigenvalue weighted by molar-refractivity contribution is 4.80. The lowest BCUT2D eigenvalue weighted by Crippen LogP contribution is -2.44. The fraction of sp³-hybridized carbons (Fsp3) is 1.00. The first-order valence-electron chi connectivity index (χ1n) is 4.42. The molecule has 0 aromatic rings. The number of hydrogen-bond acceptors (Lipinski definition) is 4. The van der Waals surface area contributed by atoms with E-state index in [-0.39, 0.29) is 5.79 Å². The molecule has 12 heavy (non-hydrogen) atoms. The number of hydrogen-bond donors (Lipinski definition) is 0. The van der Waals surface area contributed by atoms with Gasteiger partial charge in [-0.25, -0.2) is 0 Å². The normalized spacial score (nSPS) is 29.8. The summed E-state index contributed by atoms with van der Waals surface area (Å²) in [6, 6.07) is 0. The van der Waals surface area contributed by atoms with E-state index in [4.69, 9.17) is 14.3 Å². The minimum atomic E-state index is -0.269. The summed E-state index contributed by atoms with van der Waals surface area (Å²) in [4.78, 5) is 5.12. The Bertz CT molecular complexity index is 146. The maximum Gasteiger partial charge on any atom is 0.171 e. The second kappa shape index (κ2) is 3.30. The molecule has 0 N–H and O–H groups in total. The molecule has 2 aliphatic rings. The van der Waals surface area contributed by atoms with Crippen molar-refractivity contribution in [3.63, 3.8) is 0 Å². The van der Waals surface area contributed by atoms with E-state index in [9.17, 15) is 0 Å². The summed E-state index contributed by atoms with van der Waals surface area (Å²) in [6.45, 7) is 3.28. The van der Waals surface area contributed by atoms with Crippen LogP contribution in [-0.4, -0.2) is 44.3 Å². The predicted molar refractivity (Wildman–Crippen MR) is 42.5 cm³/mol. The van der Waals surface area contributed by atoms with Gasteiger partial charge in [-0.1, -0.05) is 0 Å². The molecule has 0 bridgehead atoms. The molecular weight excluding hydrogens is 158 g/mol. The molecule has 4 nitrogen and oxygen atoms in total. The van der Waals surface area contributed by atoms with Gasteiger partial charge in [-0.15, -0.1) is 0 Å². The standard InChI is InChI=1S/C8H15NO3/c1-10-9-4-2-8(3-5-9)11-6-7-12-8/h2-7H2,1H3. The molecule has 0 aliphatic carbocycles. The first kappa shape index (κ1) is 8.44. The molecular formula is C8H15NO3. The van der Waals surface area contributed by atoms with Crippen LogP contribution in [0.25, 0.3) is 0 Å². The molecule has 2 rings (SSSR count). The van der Waals surface area contributed by atoms with Crippen molar-refractivity contribution in [2.75, 3.05) is 33.4 Å². The van der Waals surface area contributed by atoms with Crippen molar-refractivity contribution in [3.8, 4) is 0 Å². The zero-order valence-corrected chi connectivity index (χ0v) is 7.41. The first-order chi connectivity index (χ1) is 5.85. The van der Waals surface area contributed by atoms with E-state index < -0.39 is 0 Å². The van der Waals surface area contributed by atoms with E-state index in [1.807, 2.05) is 5.06 Å². The molecule has 0 unspecified atom stereocenters. The van der Waals surface area contributed by atoms with E-state index in [0.717, 1.165) is 39.1 Å². The topological polar surface area (TPSA) is 30.9 Å². The van der Waals surface area contributed by atoms with Crippen LogP contribution >= 0.6 is 0 Å². The smallest absolute Gasteiger partial charge is 0.171 e. The molecule has 0 saturated carbocycles. The maximum absolute atomic E-state index is 5.57. The highest BCUT2D eigenvalue weighted by Gasteiger charge is 2.39. The van der Waals surface area contributed by atoms with Gasteiger partial charge in [-0.3, -0.25) is 0 Å². The highest BCUT2D eigenvalue weighted by atomic mass is 16.7. The van der Waals surface area contributed by atoms with Crippen molar-refractivity contribution in [1.82, 2.24) is 5.06 Å². The Morgan fingerprint density at radius 3 is 2.25 bits per heavy atom. The van der Waals surface area contributed by atoms with Gasteiger partial charge in [-0.2, -0.15) is 5.06 Å². The largest absolute Gasteiger partial charge is 0.347 e. The lowest BCUT2D eigenvalue weighted by Gasteiger charge is -2.36. The SMILES string of the molecule is CON1CCC2(CC1)OCCO2. The van der Waals surface area contributed by atoms with Crippen LogP contribution in [0, 0.1) is 0 Å². The molecule has 0 aromatic carbocycles. The summed E-state index contributed by atoms with van der Waals surface area (Å²) in [5, 5.41) is 1.94. The average Bonchev–Trinajstić information content (AvgIpc) is 2.55. The Labute approximate surface area is 72.3 Å². The van der Waals surface area contributed by atoms with Gasteiger partial charge in [0.25, 0.3) is 0 Å². The van der Waals surface area contributed by atoms with Crippen LogP contribution < -0.4 is 0 Å². The Hall–Kier alpha value is -0.160. The van der Waals surface area contributed by atoms with Crippen LogP contribution in [0.4, 0.5) is 0 Å². The van der Waals surface area contributed by atoms with Gasteiger partial charge in [0.15, 0.2) is 5.79 Å². The molecule has 2 aliphatic heterocycles. The zero-order valence-electron chi connectivity index (χ0n) is 7.41. The Balaban J connectivity index is 1.88. The van der Waals surface area contributed by atoms with Gasteiger partial charge in [0.05, 0.1) is 20.3 Å². The van der Waals surface area contributed by atoms with Crippen LogP contribution in [-0.2, 0) is 14.3 Å². The second-order valence-corrected chi connectivity index (χ2v) is 3.22. The van der Waals surface area contributed by atoms with Crippen LogP contribution in [0.2, 0.25) is 0 Å². The van der Waals surface area contributed by atoms with E-state index in [1.54, 1.807) is 7.11 Å². The summed E-state index contributed by atoms with van der Waals surface area (Å²) in [5.74, 6) is -0.269. The fourth-order valence-electron chi connectivity index (χ4n) is 1.80. The zero-order chi connectivity index (χ0) is 8.44. The lowest BCUT2D eigenvalue weighted by molar-refractivity contribution is -0.234. The van der Waals surface area contributed by atoms with Crippen molar-refractivity contribution >= 4 is 0 Å². The van der Waals surface area contributed by atoms with Crippen LogP contribution in [0.15, 0.2) is 0 Å². The number of hydroxylamine groups is 2. The number of rotatable bonds is 1. The van der Waals surface area contributed by atoms with Crippen LogP contribution in [0.3, 0.4) is 0 Å². The Kier molecular flexibility index (Phi) is 2.32. The lowest BCUT2D eigenvalue weighted by atomic mass is 10.1. The molecule has 0 amide bonds. The molecule has 2 fully saturated rings. The van der Waals surface area contributed by atoms with Crippen molar-refractivity contribution < 1.29 is 14.3 Å². The summed E-state index contributed by atoms with van der Waals surface area (Å²) >= 11 is 0. The molecule has 2 saturated heterocycles. The van der Waals surface area contributed by atoms with Crippen molar-refractivity contribution in [3.05, 3.63) is 0 Å². The van der Waals surface area contributed by atoms with E-state index >= 15 is 0 Å². The third-order valence-corrected chi connectivity index (χ3v) is 2.56. The monoisotopic (exact) mass is 173 g/mol. The van der Waals surface area contributed by atoms with Crippen LogP contribution in [0.5, 0.6) is 0 Å². The van der Waals surface area contributed by atoms with Crippen molar-refractivity contribution in [2.45, 2.75) is 18.6 Å². The first-order valence-corrected chi connectivity index (χ1v) is 4.42. The molecule has 2 heterocycles. The minimum absolute atomic E-state index is 0.269. The molecule has 4 heteroatoms. The van der Waals surface area contributed by atoms with E-state index in [1.165, 1.54) is 0 Å². The number of nitrogens with zero attached hydrogens (tertiary/aromatic N) is 1. The third kappa shape index (κ3) is 1.47.